The number of hydrogen-bond donors (Lipinski definition) is 3. The van der Waals surface area contributed by atoms with Crippen molar-refractivity contribution in [3.05, 3.63) is 32.4 Å². The molecule has 1 aliphatic heterocycles. The molecule has 3 N–H and O–H groups in total. The van der Waals surface area contributed by atoms with Crippen LogP contribution in [0, 0.1) is 20.2 Å². The van der Waals surface area contributed by atoms with Gasteiger partial charge < -0.3 is 15.3 Å². The zero-order valence-electron chi connectivity index (χ0n) is 11.9. The van der Waals surface area contributed by atoms with Gasteiger partial charge in [0.25, 0.3) is 5.54 Å². The molecule has 0 saturated carbocycles. The third-order valence-corrected chi connectivity index (χ3v) is 4.82. The highest BCUT2D eigenvalue weighted by Crippen LogP contribution is 2.42. The standard InChI is InChI=1S/C12H19N3O7/c16-7-12(8-17,9-18)13-5-10(14(19)20)2-1-3-11(4-10,6-13)15(21)22/h1-2,16-18H,3-9H2/t10-,11+/m1/s1. The van der Waals surface area contributed by atoms with Crippen LogP contribution in [0.2, 0.25) is 0 Å². The van der Waals surface area contributed by atoms with Gasteiger partial charge in [-0.25, -0.2) is 0 Å². The summed E-state index contributed by atoms with van der Waals surface area (Å²) in [6.07, 6.45) is 2.58. The number of likely N-dealkylation sites (tertiary alicyclic amines) is 1. The second-order valence-corrected chi connectivity index (χ2v) is 6.18. The van der Waals surface area contributed by atoms with Crippen LogP contribution in [0.4, 0.5) is 0 Å². The van der Waals surface area contributed by atoms with Crippen molar-refractivity contribution < 1.29 is 25.2 Å². The van der Waals surface area contributed by atoms with E-state index in [-0.39, 0.29) is 25.9 Å². The van der Waals surface area contributed by atoms with Gasteiger partial charge in [0.1, 0.15) is 0 Å². The first-order chi connectivity index (χ1) is 10.3. The maximum atomic E-state index is 11.5. The van der Waals surface area contributed by atoms with Crippen LogP contribution < -0.4 is 0 Å². The van der Waals surface area contributed by atoms with Crippen molar-refractivity contribution in [3.63, 3.8) is 0 Å². The molecule has 2 atom stereocenters. The molecule has 1 saturated heterocycles. The lowest BCUT2D eigenvalue weighted by atomic mass is 9.71. The number of aliphatic hydroxyl groups excluding tert-OH is 3. The van der Waals surface area contributed by atoms with Crippen LogP contribution in [0.3, 0.4) is 0 Å². The maximum absolute atomic E-state index is 11.5. The van der Waals surface area contributed by atoms with Crippen LogP contribution in [0.25, 0.3) is 0 Å². The lowest BCUT2D eigenvalue weighted by molar-refractivity contribution is -0.621. The van der Waals surface area contributed by atoms with E-state index in [1.807, 2.05) is 0 Å². The van der Waals surface area contributed by atoms with Crippen molar-refractivity contribution in [2.45, 2.75) is 29.5 Å². The Labute approximate surface area is 126 Å². The Kier molecular flexibility index (Phi) is 4.22. The summed E-state index contributed by atoms with van der Waals surface area (Å²) in [6.45, 7) is -2.38. The number of nitro groups is 2. The van der Waals surface area contributed by atoms with E-state index in [0.717, 1.165) is 0 Å². The number of rotatable bonds is 6. The first-order valence-corrected chi connectivity index (χ1v) is 6.84. The fraction of sp³-hybridized carbons (Fsp3) is 0.833. The van der Waals surface area contributed by atoms with Crippen LogP contribution in [-0.2, 0) is 0 Å². The second kappa shape index (κ2) is 5.54. The first kappa shape index (κ1) is 16.7. The van der Waals surface area contributed by atoms with E-state index < -0.39 is 46.3 Å². The van der Waals surface area contributed by atoms with Crippen molar-refractivity contribution >= 4 is 0 Å². The Bertz CT molecular complexity index is 499. The summed E-state index contributed by atoms with van der Waals surface area (Å²) in [6, 6.07) is 0. The molecular weight excluding hydrogens is 298 g/mol. The highest BCUT2D eigenvalue weighted by molar-refractivity contribution is 5.19. The van der Waals surface area contributed by atoms with Crippen molar-refractivity contribution in [2.24, 2.45) is 0 Å². The number of hydrogen-bond acceptors (Lipinski definition) is 8. The molecule has 0 aromatic heterocycles. The molecule has 1 aliphatic carbocycles. The van der Waals surface area contributed by atoms with E-state index in [9.17, 15) is 35.5 Å². The number of nitrogens with zero attached hydrogens (tertiary/aromatic N) is 3. The molecule has 124 valence electrons. The SMILES string of the molecule is O=[N+]([O-])[C@@]12C=CC[C@@]([N+](=O)[O-])(CN(C(CO)(CO)CO)C1)C2. The minimum absolute atomic E-state index is 0.0322. The van der Waals surface area contributed by atoms with Gasteiger partial charge in [-0.05, 0) is 6.08 Å². The zero-order valence-corrected chi connectivity index (χ0v) is 11.9. The monoisotopic (exact) mass is 317 g/mol. The number of piperidine rings is 1. The molecule has 22 heavy (non-hydrogen) atoms. The third kappa shape index (κ3) is 2.28. The molecule has 0 spiro atoms. The molecule has 0 aromatic carbocycles. The van der Waals surface area contributed by atoms with Gasteiger partial charge in [0, 0.05) is 16.3 Å². The van der Waals surface area contributed by atoms with E-state index in [0.29, 0.717) is 0 Å². The van der Waals surface area contributed by atoms with E-state index in [1.54, 1.807) is 0 Å². The summed E-state index contributed by atoms with van der Waals surface area (Å²) in [5, 5.41) is 51.6. The Balaban J connectivity index is 2.50. The molecule has 0 unspecified atom stereocenters. The molecule has 1 heterocycles. The molecule has 0 radical (unpaired) electrons. The predicted molar refractivity (Wildman–Crippen MR) is 73.4 cm³/mol. The molecular formula is C12H19N3O7. The normalized spacial score (nSPS) is 32.0. The number of fused-ring (bicyclic) bond motifs is 2. The van der Waals surface area contributed by atoms with Crippen LogP contribution in [0.5, 0.6) is 0 Å². The van der Waals surface area contributed by atoms with Crippen LogP contribution >= 0.6 is 0 Å². The van der Waals surface area contributed by atoms with Gasteiger partial charge in [0.2, 0.25) is 5.54 Å². The Morgan fingerprint density at radius 1 is 1.09 bits per heavy atom. The highest BCUT2D eigenvalue weighted by Gasteiger charge is 2.64. The highest BCUT2D eigenvalue weighted by atomic mass is 16.6. The molecule has 0 amide bonds. The third-order valence-electron chi connectivity index (χ3n) is 4.82. The van der Waals surface area contributed by atoms with E-state index in [4.69, 9.17) is 0 Å². The van der Waals surface area contributed by atoms with Gasteiger partial charge in [-0.3, -0.25) is 25.1 Å². The molecule has 0 aromatic rings. The minimum Gasteiger partial charge on any atom is -0.394 e. The lowest BCUT2D eigenvalue weighted by Gasteiger charge is -2.50. The molecule has 10 nitrogen and oxygen atoms in total. The van der Waals surface area contributed by atoms with Gasteiger partial charge in [0.05, 0.1) is 44.9 Å². The van der Waals surface area contributed by atoms with Gasteiger partial charge in [-0.15, -0.1) is 0 Å². The summed E-state index contributed by atoms with van der Waals surface area (Å²) < 4.78 is 0. The quantitative estimate of drug-likeness (QED) is 0.301. The maximum Gasteiger partial charge on any atom is 0.259 e. The van der Waals surface area contributed by atoms with Gasteiger partial charge in [0.15, 0.2) is 0 Å². The predicted octanol–water partition coefficient (Wildman–Crippen LogP) is -1.60. The summed E-state index contributed by atoms with van der Waals surface area (Å²) in [5.74, 6) is 0. The smallest absolute Gasteiger partial charge is 0.259 e. The van der Waals surface area contributed by atoms with Crippen molar-refractivity contribution in [1.82, 2.24) is 4.90 Å². The van der Waals surface area contributed by atoms with Gasteiger partial charge >= 0.3 is 0 Å². The fourth-order valence-corrected chi connectivity index (χ4v) is 3.33. The molecule has 2 aliphatic rings. The van der Waals surface area contributed by atoms with Crippen molar-refractivity contribution in [2.75, 3.05) is 32.9 Å². The van der Waals surface area contributed by atoms with Gasteiger partial charge in [-0.1, -0.05) is 6.08 Å². The largest absolute Gasteiger partial charge is 0.394 e. The van der Waals surface area contributed by atoms with Crippen molar-refractivity contribution in [1.29, 1.82) is 0 Å². The van der Waals surface area contributed by atoms with E-state index >= 15 is 0 Å². The Morgan fingerprint density at radius 3 is 2.14 bits per heavy atom. The minimum atomic E-state index is -1.66. The molecule has 10 heteroatoms. The van der Waals surface area contributed by atoms with Gasteiger partial charge in [-0.2, -0.15) is 0 Å². The molecule has 2 rings (SSSR count). The van der Waals surface area contributed by atoms with Crippen LogP contribution in [0.1, 0.15) is 12.8 Å². The first-order valence-electron chi connectivity index (χ1n) is 6.84. The van der Waals surface area contributed by atoms with Crippen molar-refractivity contribution in [3.8, 4) is 0 Å². The van der Waals surface area contributed by atoms with Crippen LogP contribution in [0.15, 0.2) is 12.2 Å². The number of aliphatic hydroxyl groups is 3. The Morgan fingerprint density at radius 2 is 1.68 bits per heavy atom. The summed E-state index contributed by atoms with van der Waals surface area (Å²) in [4.78, 5) is 23.2. The lowest BCUT2D eigenvalue weighted by Crippen LogP contribution is -2.72. The van der Waals surface area contributed by atoms with E-state index in [2.05, 4.69) is 0 Å². The topological polar surface area (TPSA) is 150 Å². The second-order valence-electron chi connectivity index (χ2n) is 6.18. The fourth-order valence-electron chi connectivity index (χ4n) is 3.33. The average Bonchev–Trinajstić information content (AvgIpc) is 2.49. The Hall–Kier alpha value is -1.62. The zero-order chi connectivity index (χ0) is 16.6. The summed E-state index contributed by atoms with van der Waals surface area (Å²) in [7, 11) is 0. The molecule has 2 bridgehead atoms. The summed E-state index contributed by atoms with van der Waals surface area (Å²) in [5.41, 5.74) is -4.76. The molecule has 1 fully saturated rings. The average molecular weight is 317 g/mol. The van der Waals surface area contributed by atoms with Crippen LogP contribution in [-0.4, -0.2) is 79.6 Å². The van der Waals surface area contributed by atoms with E-state index in [1.165, 1.54) is 17.1 Å². The summed E-state index contributed by atoms with van der Waals surface area (Å²) >= 11 is 0.